The summed E-state index contributed by atoms with van der Waals surface area (Å²) in [6, 6.07) is 0. The Morgan fingerprint density at radius 3 is 2.84 bits per heavy atom. The van der Waals surface area contributed by atoms with E-state index in [1.54, 1.807) is 19.0 Å². The van der Waals surface area contributed by atoms with Crippen LogP contribution in [-0.2, 0) is 11.8 Å². The van der Waals surface area contributed by atoms with Gasteiger partial charge in [0.2, 0.25) is 5.91 Å². The topological polar surface area (TPSA) is 65.8 Å². The fourth-order valence-electron chi connectivity index (χ4n) is 2.80. The molecule has 0 aliphatic carbocycles. The molecule has 1 atom stereocenters. The molecule has 2 rings (SSSR count). The minimum Gasteiger partial charge on any atom is -0.356 e. The van der Waals surface area contributed by atoms with Gasteiger partial charge in [-0.15, -0.1) is 24.0 Å². The first-order chi connectivity index (χ1) is 11.5. The van der Waals surface area contributed by atoms with Crippen molar-refractivity contribution in [3.63, 3.8) is 0 Å². The van der Waals surface area contributed by atoms with Crippen molar-refractivity contribution in [2.24, 2.45) is 12.0 Å². The summed E-state index contributed by atoms with van der Waals surface area (Å²) in [5.74, 6) is 1.35. The predicted octanol–water partition coefficient (Wildman–Crippen LogP) is 1.66. The number of carbonyl (C=O) groups excluding carboxylic acids is 1. The summed E-state index contributed by atoms with van der Waals surface area (Å²) in [6.45, 7) is 5.12. The summed E-state index contributed by atoms with van der Waals surface area (Å²) in [5.41, 5.74) is 1.28. The lowest BCUT2D eigenvalue weighted by molar-refractivity contribution is -0.127. The molecule has 1 amide bonds. The fraction of sp³-hybridized carbons (Fsp3) is 0.706. The van der Waals surface area contributed by atoms with Gasteiger partial charge in [0.15, 0.2) is 5.96 Å². The van der Waals surface area contributed by atoms with Gasteiger partial charge in [-0.2, -0.15) is 5.10 Å². The van der Waals surface area contributed by atoms with Crippen LogP contribution < -0.4 is 5.32 Å². The zero-order valence-electron chi connectivity index (χ0n) is 15.7. The number of amides is 1. The summed E-state index contributed by atoms with van der Waals surface area (Å²) in [7, 11) is 5.47. The van der Waals surface area contributed by atoms with Gasteiger partial charge in [-0.05, 0) is 18.4 Å². The summed E-state index contributed by atoms with van der Waals surface area (Å²) in [6.07, 6.45) is 7.35. The number of unbranched alkanes of at least 4 members (excludes halogenated alkanes) is 1. The van der Waals surface area contributed by atoms with E-state index >= 15 is 0 Å². The molecule has 1 N–H and O–H groups in total. The molecule has 142 valence electrons. The molecule has 25 heavy (non-hydrogen) atoms. The lowest BCUT2D eigenvalue weighted by atomic mass is 10.0. The maximum Gasteiger partial charge on any atom is 0.243 e. The summed E-state index contributed by atoms with van der Waals surface area (Å²) in [5, 5.41) is 7.69. The highest BCUT2D eigenvalue weighted by molar-refractivity contribution is 14.0. The van der Waals surface area contributed by atoms with Crippen LogP contribution in [0.3, 0.4) is 0 Å². The Bertz CT molecular complexity index is 571. The van der Waals surface area contributed by atoms with Crippen molar-refractivity contribution in [3.8, 4) is 0 Å². The Kier molecular flexibility index (Phi) is 9.23. The molecule has 1 fully saturated rings. The molecule has 1 aliphatic rings. The zero-order valence-corrected chi connectivity index (χ0v) is 18.1. The second-order valence-corrected chi connectivity index (χ2v) is 6.59. The van der Waals surface area contributed by atoms with Crippen molar-refractivity contribution in [1.29, 1.82) is 0 Å². The molecule has 7 nitrogen and oxygen atoms in total. The predicted molar refractivity (Wildman–Crippen MR) is 111 cm³/mol. The van der Waals surface area contributed by atoms with Crippen LogP contribution in [0.25, 0.3) is 0 Å². The van der Waals surface area contributed by atoms with E-state index in [0.29, 0.717) is 5.92 Å². The number of aryl methyl sites for hydroxylation is 1. The molecule has 1 unspecified atom stereocenters. The Morgan fingerprint density at radius 2 is 2.24 bits per heavy atom. The summed E-state index contributed by atoms with van der Waals surface area (Å²) >= 11 is 0. The van der Waals surface area contributed by atoms with Crippen molar-refractivity contribution in [1.82, 2.24) is 24.9 Å². The van der Waals surface area contributed by atoms with Gasteiger partial charge in [0.1, 0.15) is 6.54 Å². The zero-order chi connectivity index (χ0) is 17.5. The highest BCUT2D eigenvalue weighted by atomic mass is 127. The number of aliphatic imine (C=N–C) groups is 1. The van der Waals surface area contributed by atoms with Crippen molar-refractivity contribution >= 4 is 35.8 Å². The lowest BCUT2D eigenvalue weighted by Crippen LogP contribution is -2.41. The number of carbonyl (C=O) groups is 1. The van der Waals surface area contributed by atoms with Gasteiger partial charge in [-0.3, -0.25) is 9.48 Å². The molecule has 1 saturated heterocycles. The monoisotopic (exact) mass is 462 g/mol. The van der Waals surface area contributed by atoms with E-state index < -0.39 is 0 Å². The highest BCUT2D eigenvalue weighted by Gasteiger charge is 2.27. The van der Waals surface area contributed by atoms with Crippen molar-refractivity contribution < 1.29 is 4.79 Å². The van der Waals surface area contributed by atoms with Crippen molar-refractivity contribution in [2.75, 3.05) is 40.3 Å². The van der Waals surface area contributed by atoms with Gasteiger partial charge >= 0.3 is 0 Å². The molecule has 1 aliphatic heterocycles. The lowest BCUT2D eigenvalue weighted by Gasteiger charge is -2.22. The van der Waals surface area contributed by atoms with Crippen molar-refractivity contribution in [3.05, 3.63) is 18.0 Å². The van der Waals surface area contributed by atoms with Crippen molar-refractivity contribution in [2.45, 2.75) is 32.1 Å². The first-order valence-corrected chi connectivity index (χ1v) is 8.73. The average Bonchev–Trinajstić information content (AvgIpc) is 3.19. The van der Waals surface area contributed by atoms with Crippen LogP contribution in [0.2, 0.25) is 0 Å². The molecule has 0 saturated carbocycles. The van der Waals surface area contributed by atoms with E-state index in [4.69, 9.17) is 0 Å². The van der Waals surface area contributed by atoms with E-state index in [2.05, 4.69) is 33.4 Å². The van der Waals surface area contributed by atoms with Gasteiger partial charge in [0.05, 0.1) is 6.20 Å². The van der Waals surface area contributed by atoms with Gasteiger partial charge in [0, 0.05) is 52.9 Å². The third-order valence-corrected chi connectivity index (χ3v) is 4.36. The molecular weight excluding hydrogens is 431 g/mol. The molecule has 0 aromatic carbocycles. The number of nitrogens with one attached hydrogen (secondary N) is 1. The quantitative estimate of drug-likeness (QED) is 0.302. The Labute approximate surface area is 167 Å². The first-order valence-electron chi connectivity index (χ1n) is 8.73. The van der Waals surface area contributed by atoms with Crippen LogP contribution in [0.4, 0.5) is 0 Å². The standard InChI is InChI=1S/C17H30N6O.HI/c1-5-6-8-18-17(19-11-16(24)21(2)3)23-9-7-14(13-23)15-10-20-22(4)12-15;/h10,12,14H,5-9,11,13H2,1-4H3,(H,18,19);1H. The number of rotatable bonds is 6. The van der Waals surface area contributed by atoms with Crippen LogP contribution in [0.1, 0.15) is 37.7 Å². The maximum atomic E-state index is 11.8. The second-order valence-electron chi connectivity index (χ2n) is 6.59. The normalized spacial score (nSPS) is 17.4. The fourth-order valence-corrected chi connectivity index (χ4v) is 2.80. The Hall–Kier alpha value is -1.32. The number of likely N-dealkylation sites (N-methyl/N-ethyl adjacent to an activating group) is 1. The molecule has 0 radical (unpaired) electrons. The van der Waals surface area contributed by atoms with Gasteiger partial charge in [-0.1, -0.05) is 13.3 Å². The second kappa shape index (κ2) is 10.6. The number of nitrogens with zero attached hydrogens (tertiary/aromatic N) is 5. The van der Waals surface area contributed by atoms with E-state index in [-0.39, 0.29) is 36.4 Å². The molecule has 1 aromatic heterocycles. The minimum atomic E-state index is 0. The third-order valence-electron chi connectivity index (χ3n) is 4.36. The van der Waals surface area contributed by atoms with Crippen LogP contribution in [-0.4, -0.2) is 71.7 Å². The third kappa shape index (κ3) is 6.48. The van der Waals surface area contributed by atoms with E-state index in [1.807, 2.05) is 17.9 Å². The molecule has 1 aromatic rings. The Balaban J connectivity index is 0.00000312. The van der Waals surface area contributed by atoms with Gasteiger partial charge < -0.3 is 15.1 Å². The largest absolute Gasteiger partial charge is 0.356 e. The summed E-state index contributed by atoms with van der Waals surface area (Å²) < 4.78 is 1.85. The Morgan fingerprint density at radius 1 is 1.48 bits per heavy atom. The van der Waals surface area contributed by atoms with Crippen LogP contribution in [0, 0.1) is 0 Å². The van der Waals surface area contributed by atoms with Crippen LogP contribution >= 0.6 is 24.0 Å². The van der Waals surface area contributed by atoms with Crippen LogP contribution in [0.15, 0.2) is 17.4 Å². The van der Waals surface area contributed by atoms with E-state index in [1.165, 1.54) is 5.56 Å². The molecule has 0 bridgehead atoms. The molecule has 2 heterocycles. The molecule has 0 spiro atoms. The SMILES string of the molecule is CCCCNC(=NCC(=O)N(C)C)N1CCC(c2cnn(C)c2)C1.I. The first kappa shape index (κ1) is 21.7. The minimum absolute atomic E-state index is 0. The van der Waals surface area contributed by atoms with Gasteiger partial charge in [0.25, 0.3) is 0 Å². The number of likely N-dealkylation sites (tertiary alicyclic amines) is 1. The molecular formula is C17H31IN6O. The van der Waals surface area contributed by atoms with E-state index in [0.717, 1.165) is 44.9 Å². The highest BCUT2D eigenvalue weighted by Crippen LogP contribution is 2.26. The maximum absolute atomic E-state index is 11.8. The summed E-state index contributed by atoms with van der Waals surface area (Å²) in [4.78, 5) is 20.2. The smallest absolute Gasteiger partial charge is 0.243 e. The number of aromatic nitrogens is 2. The van der Waals surface area contributed by atoms with E-state index in [9.17, 15) is 4.79 Å². The number of hydrogen-bond donors (Lipinski definition) is 1. The van der Waals surface area contributed by atoms with Crippen LogP contribution in [0.5, 0.6) is 0 Å². The number of guanidine groups is 1. The average molecular weight is 462 g/mol. The molecule has 8 heteroatoms. The number of hydrogen-bond acceptors (Lipinski definition) is 3. The van der Waals surface area contributed by atoms with Gasteiger partial charge in [-0.25, -0.2) is 4.99 Å². The number of halogens is 1.